The molecule has 6 nitrogen and oxygen atoms in total. The van der Waals surface area contributed by atoms with Crippen molar-refractivity contribution in [1.29, 1.82) is 0 Å². The van der Waals surface area contributed by atoms with E-state index < -0.39 is 0 Å². The van der Waals surface area contributed by atoms with E-state index in [-0.39, 0.29) is 11.5 Å². The fraction of sp³-hybridized carbons (Fsp3) is 0.229. The zero-order chi connectivity index (χ0) is 29.8. The van der Waals surface area contributed by atoms with Crippen molar-refractivity contribution in [2.24, 2.45) is 5.10 Å². The third kappa shape index (κ3) is 6.24. The number of aromatic nitrogens is 2. The van der Waals surface area contributed by atoms with Crippen LogP contribution in [0.1, 0.15) is 54.5 Å². The van der Waals surface area contributed by atoms with Gasteiger partial charge in [0.2, 0.25) is 0 Å². The zero-order valence-electron chi connectivity index (χ0n) is 24.5. The molecule has 42 heavy (non-hydrogen) atoms. The molecule has 0 amide bonds. The van der Waals surface area contributed by atoms with Gasteiger partial charge in [-0.25, -0.2) is 4.98 Å². The van der Waals surface area contributed by atoms with Crippen molar-refractivity contribution in [2.45, 2.75) is 47.1 Å². The normalized spacial score (nSPS) is 11.5. The van der Waals surface area contributed by atoms with E-state index >= 15 is 0 Å². The van der Waals surface area contributed by atoms with Crippen LogP contribution >= 0.6 is 11.6 Å². The second kappa shape index (κ2) is 12.6. The second-order valence-corrected chi connectivity index (χ2v) is 11.0. The second-order valence-electron chi connectivity index (χ2n) is 10.6. The number of hydrogen-bond acceptors (Lipinski definition) is 5. The Kier molecular flexibility index (Phi) is 8.74. The van der Waals surface area contributed by atoms with Gasteiger partial charge < -0.3 is 9.47 Å². The van der Waals surface area contributed by atoms with Crippen LogP contribution in [0.25, 0.3) is 22.3 Å². The summed E-state index contributed by atoms with van der Waals surface area (Å²) >= 11 is 6.57. The fourth-order valence-corrected chi connectivity index (χ4v) is 5.00. The Balaban J connectivity index is 1.53. The smallest absolute Gasteiger partial charge is 0.282 e. The van der Waals surface area contributed by atoms with Crippen molar-refractivity contribution in [2.75, 3.05) is 6.61 Å². The minimum atomic E-state index is -0.254. The monoisotopic (exact) mass is 579 g/mol. The first-order valence-electron chi connectivity index (χ1n) is 14.1. The van der Waals surface area contributed by atoms with Crippen LogP contribution in [-0.4, -0.2) is 22.5 Å². The largest absolute Gasteiger partial charge is 0.494 e. The van der Waals surface area contributed by atoms with E-state index in [1.165, 1.54) is 10.2 Å². The molecule has 5 rings (SSSR count). The summed E-state index contributed by atoms with van der Waals surface area (Å²) in [6, 6.07) is 25.0. The molecule has 0 saturated carbocycles. The molecule has 0 aliphatic rings. The summed E-state index contributed by atoms with van der Waals surface area (Å²) in [5.41, 5.74) is 6.14. The van der Waals surface area contributed by atoms with Gasteiger partial charge in [-0.2, -0.15) is 9.78 Å². The Bertz CT molecular complexity index is 1830. The maximum Gasteiger partial charge on any atom is 0.282 e. The SMILES string of the molecule is CCOc1cc(C)c(-c2nc3ccccc3c(=O)n2N=Cc2ccc(OCc3ccc(C)cc3)c(Cl)c2)cc1C(C)C. The highest BCUT2D eigenvalue weighted by molar-refractivity contribution is 6.32. The number of benzene rings is 4. The Labute approximate surface area is 251 Å². The minimum Gasteiger partial charge on any atom is -0.494 e. The Morgan fingerprint density at radius 2 is 1.71 bits per heavy atom. The van der Waals surface area contributed by atoms with Gasteiger partial charge in [-0.1, -0.05) is 67.4 Å². The highest BCUT2D eigenvalue weighted by atomic mass is 35.5. The van der Waals surface area contributed by atoms with Crippen molar-refractivity contribution in [3.63, 3.8) is 0 Å². The van der Waals surface area contributed by atoms with Crippen molar-refractivity contribution < 1.29 is 9.47 Å². The van der Waals surface area contributed by atoms with Gasteiger partial charge in [0.1, 0.15) is 18.1 Å². The van der Waals surface area contributed by atoms with Crippen molar-refractivity contribution in [3.05, 3.63) is 122 Å². The molecule has 0 bridgehead atoms. The number of rotatable bonds is 9. The summed E-state index contributed by atoms with van der Waals surface area (Å²) < 4.78 is 13.2. The fourth-order valence-electron chi connectivity index (χ4n) is 4.76. The molecular weight excluding hydrogens is 546 g/mol. The van der Waals surface area contributed by atoms with Gasteiger partial charge in [-0.3, -0.25) is 4.79 Å². The van der Waals surface area contributed by atoms with Gasteiger partial charge in [0.15, 0.2) is 5.82 Å². The van der Waals surface area contributed by atoms with Crippen LogP contribution in [0.4, 0.5) is 0 Å². The molecule has 0 fully saturated rings. The van der Waals surface area contributed by atoms with Crippen LogP contribution in [0.2, 0.25) is 5.02 Å². The van der Waals surface area contributed by atoms with E-state index in [9.17, 15) is 4.79 Å². The third-order valence-electron chi connectivity index (χ3n) is 7.07. The number of para-hydroxylation sites is 1. The van der Waals surface area contributed by atoms with Gasteiger partial charge in [0.25, 0.3) is 5.56 Å². The van der Waals surface area contributed by atoms with Crippen LogP contribution in [-0.2, 0) is 6.61 Å². The standard InChI is InChI=1S/C35H34ClN3O3/c1-6-41-33-17-24(5)29(19-28(33)22(2)3)34-38-31-10-8-7-9-27(31)35(40)39(34)37-20-26-15-16-32(30(36)18-26)42-21-25-13-11-23(4)12-14-25/h7-20,22H,6,21H2,1-5H3. The molecule has 214 valence electrons. The van der Waals surface area contributed by atoms with Crippen molar-refractivity contribution >= 4 is 28.7 Å². The molecule has 5 aromatic rings. The lowest BCUT2D eigenvalue weighted by molar-refractivity contribution is 0.306. The number of halogens is 1. The summed E-state index contributed by atoms with van der Waals surface area (Å²) in [5.74, 6) is 2.09. The molecule has 7 heteroatoms. The van der Waals surface area contributed by atoms with Crippen LogP contribution in [0.15, 0.2) is 88.8 Å². The molecule has 1 aromatic heterocycles. The first-order valence-corrected chi connectivity index (χ1v) is 14.4. The summed E-state index contributed by atoms with van der Waals surface area (Å²) in [7, 11) is 0. The molecule has 0 radical (unpaired) electrons. The average molecular weight is 580 g/mol. The van der Waals surface area contributed by atoms with Crippen LogP contribution < -0.4 is 15.0 Å². The molecular formula is C35H34ClN3O3. The number of hydrogen-bond donors (Lipinski definition) is 0. The maximum atomic E-state index is 13.7. The quantitative estimate of drug-likeness (QED) is 0.165. The molecule has 0 spiro atoms. The highest BCUT2D eigenvalue weighted by Gasteiger charge is 2.18. The number of nitrogens with zero attached hydrogens (tertiary/aromatic N) is 3. The topological polar surface area (TPSA) is 65.7 Å². The lowest BCUT2D eigenvalue weighted by Gasteiger charge is -2.18. The first-order chi connectivity index (χ1) is 20.2. The highest BCUT2D eigenvalue weighted by Crippen LogP contribution is 2.34. The van der Waals surface area contributed by atoms with E-state index in [0.717, 1.165) is 33.6 Å². The predicted molar refractivity (Wildman–Crippen MR) is 171 cm³/mol. The van der Waals surface area contributed by atoms with Crippen LogP contribution in [0.5, 0.6) is 11.5 Å². The van der Waals surface area contributed by atoms with E-state index in [1.54, 1.807) is 18.3 Å². The lowest BCUT2D eigenvalue weighted by atomic mass is 9.96. The molecule has 0 aliphatic carbocycles. The van der Waals surface area contributed by atoms with Gasteiger partial charge in [-0.15, -0.1) is 0 Å². The number of aryl methyl sites for hydroxylation is 2. The number of ether oxygens (including phenoxy) is 2. The molecule has 0 N–H and O–H groups in total. The van der Waals surface area contributed by atoms with Gasteiger partial charge >= 0.3 is 0 Å². The summed E-state index contributed by atoms with van der Waals surface area (Å²) in [6.07, 6.45) is 1.62. The van der Waals surface area contributed by atoms with Crippen molar-refractivity contribution in [3.8, 4) is 22.9 Å². The molecule has 0 atom stereocenters. The van der Waals surface area contributed by atoms with Gasteiger partial charge in [0.05, 0.1) is 28.7 Å². The zero-order valence-corrected chi connectivity index (χ0v) is 25.3. The van der Waals surface area contributed by atoms with Crippen LogP contribution in [0.3, 0.4) is 0 Å². The third-order valence-corrected chi connectivity index (χ3v) is 7.36. The summed E-state index contributed by atoms with van der Waals surface area (Å²) in [4.78, 5) is 18.7. The lowest BCUT2D eigenvalue weighted by Crippen LogP contribution is -2.20. The molecule has 1 heterocycles. The summed E-state index contributed by atoms with van der Waals surface area (Å²) in [6.45, 7) is 11.2. The van der Waals surface area contributed by atoms with E-state index in [1.807, 2.05) is 62.4 Å². The van der Waals surface area contributed by atoms with E-state index in [0.29, 0.717) is 40.7 Å². The predicted octanol–water partition coefficient (Wildman–Crippen LogP) is 8.32. The Morgan fingerprint density at radius 3 is 2.43 bits per heavy atom. The van der Waals surface area contributed by atoms with E-state index in [2.05, 4.69) is 44.1 Å². The minimum absolute atomic E-state index is 0.212. The molecule has 0 unspecified atom stereocenters. The molecule has 0 aliphatic heterocycles. The first kappa shape index (κ1) is 29.1. The van der Waals surface area contributed by atoms with Crippen LogP contribution in [0, 0.1) is 13.8 Å². The maximum absolute atomic E-state index is 13.7. The van der Waals surface area contributed by atoms with Gasteiger partial charge in [0, 0.05) is 5.56 Å². The van der Waals surface area contributed by atoms with E-state index in [4.69, 9.17) is 26.1 Å². The van der Waals surface area contributed by atoms with Crippen molar-refractivity contribution in [1.82, 2.24) is 9.66 Å². The Morgan fingerprint density at radius 1 is 0.952 bits per heavy atom. The average Bonchev–Trinajstić information content (AvgIpc) is 2.97. The summed E-state index contributed by atoms with van der Waals surface area (Å²) in [5, 5.41) is 5.58. The number of fused-ring (bicyclic) bond motifs is 1. The van der Waals surface area contributed by atoms with Gasteiger partial charge in [-0.05, 0) is 91.4 Å². The Hall–Kier alpha value is -4.42. The molecule has 0 saturated heterocycles. The molecule has 4 aromatic carbocycles.